The Balaban J connectivity index is 1.87. The summed E-state index contributed by atoms with van der Waals surface area (Å²) in [6, 6.07) is 11.6. The van der Waals surface area contributed by atoms with Crippen LogP contribution >= 0.6 is 15.9 Å². The van der Waals surface area contributed by atoms with Gasteiger partial charge in [-0.1, -0.05) is 59.1 Å². The van der Waals surface area contributed by atoms with Crippen LogP contribution in [0, 0.1) is 0 Å². The molecule has 1 heterocycles. The van der Waals surface area contributed by atoms with Gasteiger partial charge in [-0.05, 0) is 31.4 Å². The first kappa shape index (κ1) is 13.1. The molecule has 1 aliphatic rings. The molecule has 17 heavy (non-hydrogen) atoms. The molecule has 94 valence electrons. The largest absolute Gasteiger partial charge is 0.299 e. The van der Waals surface area contributed by atoms with Gasteiger partial charge in [0.1, 0.15) is 0 Å². The molecule has 0 radical (unpaired) electrons. The van der Waals surface area contributed by atoms with E-state index in [9.17, 15) is 0 Å². The van der Waals surface area contributed by atoms with Gasteiger partial charge in [0.05, 0.1) is 0 Å². The van der Waals surface area contributed by atoms with E-state index >= 15 is 0 Å². The van der Waals surface area contributed by atoms with Crippen LogP contribution in [-0.4, -0.2) is 29.4 Å². The van der Waals surface area contributed by atoms with Gasteiger partial charge < -0.3 is 0 Å². The van der Waals surface area contributed by atoms with E-state index in [1.807, 2.05) is 0 Å². The van der Waals surface area contributed by atoms with Crippen LogP contribution in [0.15, 0.2) is 30.3 Å². The summed E-state index contributed by atoms with van der Waals surface area (Å²) in [6.45, 7) is 2.49. The monoisotopic (exact) mass is 295 g/mol. The molecule has 1 aromatic rings. The molecule has 2 rings (SSSR count). The third kappa shape index (κ3) is 4.11. The van der Waals surface area contributed by atoms with Crippen LogP contribution in [-0.2, 0) is 6.42 Å². The van der Waals surface area contributed by atoms with Gasteiger partial charge in [-0.25, -0.2) is 0 Å². The lowest BCUT2D eigenvalue weighted by Gasteiger charge is -2.28. The van der Waals surface area contributed by atoms with Gasteiger partial charge in [0.15, 0.2) is 0 Å². The van der Waals surface area contributed by atoms with E-state index in [-0.39, 0.29) is 0 Å². The highest BCUT2D eigenvalue weighted by Gasteiger charge is 2.19. The van der Waals surface area contributed by atoms with Gasteiger partial charge in [-0.15, -0.1) is 0 Å². The Morgan fingerprint density at radius 1 is 1.12 bits per heavy atom. The highest BCUT2D eigenvalue weighted by molar-refractivity contribution is 9.09. The van der Waals surface area contributed by atoms with Crippen LogP contribution in [0.5, 0.6) is 0 Å². The van der Waals surface area contributed by atoms with E-state index in [1.165, 1.54) is 50.8 Å². The topological polar surface area (TPSA) is 3.24 Å². The SMILES string of the molecule is BrCC1CCCCCN1CCc1ccccc1. The van der Waals surface area contributed by atoms with Crippen LogP contribution in [0.2, 0.25) is 0 Å². The normalized spacial score (nSPS) is 22.3. The Labute approximate surface area is 113 Å². The zero-order valence-corrected chi connectivity index (χ0v) is 12.0. The average Bonchev–Trinajstić information content (AvgIpc) is 2.62. The van der Waals surface area contributed by atoms with Gasteiger partial charge in [0.2, 0.25) is 0 Å². The molecule has 1 aromatic carbocycles. The summed E-state index contributed by atoms with van der Waals surface area (Å²) >= 11 is 3.67. The lowest BCUT2D eigenvalue weighted by Crippen LogP contribution is -2.37. The number of rotatable bonds is 4. The van der Waals surface area contributed by atoms with E-state index < -0.39 is 0 Å². The minimum Gasteiger partial charge on any atom is -0.299 e. The first-order valence-electron chi connectivity index (χ1n) is 6.74. The first-order valence-corrected chi connectivity index (χ1v) is 7.86. The molecule has 0 aromatic heterocycles. The van der Waals surface area contributed by atoms with E-state index in [2.05, 4.69) is 51.2 Å². The van der Waals surface area contributed by atoms with Gasteiger partial charge >= 0.3 is 0 Å². The predicted octanol–water partition coefficient (Wildman–Crippen LogP) is 3.87. The number of hydrogen-bond acceptors (Lipinski definition) is 1. The molecular weight excluding hydrogens is 274 g/mol. The Hall–Kier alpha value is -0.340. The van der Waals surface area contributed by atoms with Crippen molar-refractivity contribution < 1.29 is 0 Å². The molecular formula is C15H22BrN. The van der Waals surface area contributed by atoms with Crippen molar-refractivity contribution >= 4 is 15.9 Å². The lowest BCUT2D eigenvalue weighted by atomic mass is 10.1. The molecule has 0 amide bonds. The quantitative estimate of drug-likeness (QED) is 0.762. The maximum absolute atomic E-state index is 3.67. The van der Waals surface area contributed by atoms with Crippen molar-refractivity contribution in [3.63, 3.8) is 0 Å². The number of halogens is 1. The van der Waals surface area contributed by atoms with Crippen LogP contribution in [0.4, 0.5) is 0 Å². The van der Waals surface area contributed by atoms with Crippen molar-refractivity contribution in [2.45, 2.75) is 38.1 Å². The zero-order valence-electron chi connectivity index (χ0n) is 10.4. The Kier molecular flexibility index (Phi) is 5.53. The molecule has 0 spiro atoms. The fourth-order valence-corrected chi connectivity index (χ4v) is 3.36. The first-order chi connectivity index (χ1) is 8.40. The highest BCUT2D eigenvalue weighted by atomic mass is 79.9. The third-order valence-electron chi connectivity index (χ3n) is 3.71. The van der Waals surface area contributed by atoms with Crippen LogP contribution in [0.25, 0.3) is 0 Å². The van der Waals surface area contributed by atoms with E-state index in [0.29, 0.717) is 0 Å². The predicted molar refractivity (Wildman–Crippen MR) is 77.8 cm³/mol. The molecule has 1 aliphatic heterocycles. The van der Waals surface area contributed by atoms with Gasteiger partial charge in [-0.2, -0.15) is 0 Å². The Morgan fingerprint density at radius 2 is 1.94 bits per heavy atom. The number of nitrogens with zero attached hydrogens (tertiary/aromatic N) is 1. The molecule has 0 aliphatic carbocycles. The van der Waals surface area contributed by atoms with Gasteiger partial charge in [0, 0.05) is 17.9 Å². The highest BCUT2D eigenvalue weighted by Crippen LogP contribution is 2.18. The molecule has 1 atom stereocenters. The number of benzene rings is 1. The standard InChI is InChI=1S/C15H22BrN/c16-13-15-9-5-2-6-11-17(15)12-10-14-7-3-1-4-8-14/h1,3-4,7-8,15H,2,5-6,9-13H2. The summed E-state index contributed by atoms with van der Waals surface area (Å²) in [7, 11) is 0. The second kappa shape index (κ2) is 7.17. The van der Waals surface area contributed by atoms with Crippen molar-refractivity contribution in [3.8, 4) is 0 Å². The maximum atomic E-state index is 3.67. The van der Waals surface area contributed by atoms with Crippen LogP contribution < -0.4 is 0 Å². The molecule has 1 fully saturated rings. The fraction of sp³-hybridized carbons (Fsp3) is 0.600. The fourth-order valence-electron chi connectivity index (χ4n) is 2.62. The molecule has 1 unspecified atom stereocenters. The summed E-state index contributed by atoms with van der Waals surface area (Å²) in [5, 5.41) is 1.13. The molecule has 1 saturated heterocycles. The molecule has 2 heteroatoms. The Bertz CT molecular complexity index is 312. The van der Waals surface area contributed by atoms with Crippen molar-refractivity contribution in [1.29, 1.82) is 0 Å². The van der Waals surface area contributed by atoms with Crippen molar-refractivity contribution in [2.24, 2.45) is 0 Å². The molecule has 0 bridgehead atoms. The molecule has 0 N–H and O–H groups in total. The minimum absolute atomic E-state index is 0.751. The number of likely N-dealkylation sites (tertiary alicyclic amines) is 1. The minimum atomic E-state index is 0.751. The van der Waals surface area contributed by atoms with E-state index in [4.69, 9.17) is 0 Å². The van der Waals surface area contributed by atoms with Crippen molar-refractivity contribution in [1.82, 2.24) is 4.90 Å². The summed E-state index contributed by atoms with van der Waals surface area (Å²) < 4.78 is 0. The summed E-state index contributed by atoms with van der Waals surface area (Å²) in [6.07, 6.45) is 6.73. The summed E-state index contributed by atoms with van der Waals surface area (Å²) in [5.41, 5.74) is 1.46. The summed E-state index contributed by atoms with van der Waals surface area (Å²) in [4.78, 5) is 2.68. The van der Waals surface area contributed by atoms with Crippen LogP contribution in [0.3, 0.4) is 0 Å². The second-order valence-corrected chi connectivity index (χ2v) is 5.58. The maximum Gasteiger partial charge on any atom is 0.0192 e. The number of alkyl halides is 1. The number of hydrogen-bond donors (Lipinski definition) is 0. The third-order valence-corrected chi connectivity index (χ3v) is 4.46. The summed E-state index contributed by atoms with van der Waals surface area (Å²) in [5.74, 6) is 0. The van der Waals surface area contributed by atoms with Crippen LogP contribution in [0.1, 0.15) is 31.2 Å². The van der Waals surface area contributed by atoms with Crippen molar-refractivity contribution in [3.05, 3.63) is 35.9 Å². The lowest BCUT2D eigenvalue weighted by molar-refractivity contribution is 0.221. The average molecular weight is 296 g/mol. The van der Waals surface area contributed by atoms with E-state index in [1.54, 1.807) is 0 Å². The van der Waals surface area contributed by atoms with Gasteiger partial charge in [-0.3, -0.25) is 4.90 Å². The second-order valence-electron chi connectivity index (χ2n) is 4.93. The molecule has 0 saturated carbocycles. The Morgan fingerprint density at radius 3 is 2.71 bits per heavy atom. The van der Waals surface area contributed by atoms with Crippen molar-refractivity contribution in [2.75, 3.05) is 18.4 Å². The van der Waals surface area contributed by atoms with E-state index in [0.717, 1.165) is 11.4 Å². The zero-order chi connectivity index (χ0) is 11.9. The molecule has 1 nitrogen and oxygen atoms in total. The van der Waals surface area contributed by atoms with Gasteiger partial charge in [0.25, 0.3) is 0 Å². The smallest absolute Gasteiger partial charge is 0.0192 e.